The molecule has 6 nitrogen and oxygen atoms in total. The fourth-order valence-corrected chi connectivity index (χ4v) is 1.61. The van der Waals surface area contributed by atoms with Crippen LogP contribution in [0, 0.1) is 0 Å². The highest BCUT2D eigenvalue weighted by molar-refractivity contribution is 6.02. The fraction of sp³-hybridized carbons (Fsp3) is 0.0714. The Hall–Kier alpha value is -2.89. The molecule has 0 saturated carbocycles. The molecule has 0 fully saturated rings. The number of hydrogen-bond acceptors (Lipinski definition) is 4. The van der Waals surface area contributed by atoms with Gasteiger partial charge < -0.3 is 14.5 Å². The van der Waals surface area contributed by atoms with Crippen molar-refractivity contribution >= 4 is 18.2 Å². The third-order valence-electron chi connectivity index (χ3n) is 2.55. The second-order valence-electron chi connectivity index (χ2n) is 3.93. The Morgan fingerprint density at radius 1 is 1.10 bits per heavy atom. The van der Waals surface area contributed by atoms with Crippen molar-refractivity contribution in [3.05, 3.63) is 60.1 Å². The van der Waals surface area contributed by atoms with Gasteiger partial charge in [-0.3, -0.25) is 10.1 Å². The number of nitrogens with one attached hydrogen (secondary N) is 2. The molecule has 0 aliphatic rings. The van der Waals surface area contributed by atoms with Crippen LogP contribution in [0.25, 0.3) is 0 Å². The molecular formula is C14H12N2O4. The Morgan fingerprint density at radius 3 is 2.45 bits per heavy atom. The second-order valence-corrected chi connectivity index (χ2v) is 3.93. The van der Waals surface area contributed by atoms with E-state index in [1.54, 1.807) is 30.3 Å². The molecule has 1 unspecified atom stereocenters. The highest BCUT2D eigenvalue weighted by Gasteiger charge is 2.17. The van der Waals surface area contributed by atoms with Crippen LogP contribution in [0.4, 0.5) is 4.79 Å². The monoisotopic (exact) mass is 272 g/mol. The first kappa shape index (κ1) is 13.5. The van der Waals surface area contributed by atoms with E-state index >= 15 is 0 Å². The van der Waals surface area contributed by atoms with E-state index in [0.717, 1.165) is 0 Å². The van der Waals surface area contributed by atoms with Crippen molar-refractivity contribution in [2.75, 3.05) is 0 Å². The average Bonchev–Trinajstić information content (AvgIpc) is 3.00. The topological polar surface area (TPSA) is 88.4 Å². The van der Waals surface area contributed by atoms with Crippen molar-refractivity contribution in [3.8, 4) is 0 Å². The molecule has 0 bridgehead atoms. The van der Waals surface area contributed by atoms with Crippen LogP contribution in [0.2, 0.25) is 0 Å². The van der Waals surface area contributed by atoms with Crippen molar-refractivity contribution < 1.29 is 18.8 Å². The predicted octanol–water partition coefficient (Wildman–Crippen LogP) is 1.66. The molecule has 2 aromatic rings. The fourth-order valence-electron chi connectivity index (χ4n) is 1.61. The van der Waals surface area contributed by atoms with Crippen LogP contribution in [-0.2, 0) is 4.79 Å². The summed E-state index contributed by atoms with van der Waals surface area (Å²) in [5.74, 6) is -0.660. The smallest absolute Gasteiger partial charge is 0.322 e. The maximum Gasteiger partial charge on any atom is 0.322 e. The Kier molecular flexibility index (Phi) is 4.28. The Bertz CT molecular complexity index is 593. The lowest BCUT2D eigenvalue weighted by molar-refractivity contribution is -0.109. The standard InChI is InChI=1S/C14H12N2O4/c17-9-11(10-5-2-1-3-6-10)15-14(19)16-13(18)12-7-4-8-20-12/h1-9,11H,(H2,15,16,18,19). The van der Waals surface area contributed by atoms with E-state index in [1.165, 1.54) is 18.4 Å². The number of amides is 3. The predicted molar refractivity (Wildman–Crippen MR) is 70.0 cm³/mol. The Balaban J connectivity index is 1.96. The molecule has 6 heteroatoms. The van der Waals surface area contributed by atoms with Gasteiger partial charge in [-0.1, -0.05) is 30.3 Å². The van der Waals surface area contributed by atoms with Gasteiger partial charge in [-0.05, 0) is 17.7 Å². The quantitative estimate of drug-likeness (QED) is 0.828. The van der Waals surface area contributed by atoms with Crippen LogP contribution >= 0.6 is 0 Å². The van der Waals surface area contributed by atoms with Crippen molar-refractivity contribution in [3.63, 3.8) is 0 Å². The lowest BCUT2D eigenvalue weighted by Crippen LogP contribution is -2.41. The summed E-state index contributed by atoms with van der Waals surface area (Å²) in [4.78, 5) is 34.2. The molecule has 0 radical (unpaired) electrons. The molecule has 1 heterocycles. The van der Waals surface area contributed by atoms with Gasteiger partial charge in [0.05, 0.1) is 6.26 Å². The Labute approximate surface area is 114 Å². The molecule has 1 aromatic carbocycles. The molecule has 0 aliphatic heterocycles. The van der Waals surface area contributed by atoms with Gasteiger partial charge in [0.1, 0.15) is 12.3 Å². The molecule has 0 saturated heterocycles. The third-order valence-corrected chi connectivity index (χ3v) is 2.55. The van der Waals surface area contributed by atoms with Crippen LogP contribution in [0.5, 0.6) is 0 Å². The minimum Gasteiger partial charge on any atom is -0.459 e. The summed E-state index contributed by atoms with van der Waals surface area (Å²) in [7, 11) is 0. The zero-order valence-corrected chi connectivity index (χ0v) is 10.4. The third kappa shape index (κ3) is 3.32. The first-order valence-electron chi connectivity index (χ1n) is 5.86. The molecule has 102 valence electrons. The maximum absolute atomic E-state index is 11.6. The number of aldehydes is 1. The number of imide groups is 1. The number of carbonyl (C=O) groups excluding carboxylic acids is 3. The van der Waals surface area contributed by atoms with E-state index in [0.29, 0.717) is 11.8 Å². The molecule has 0 aliphatic carbocycles. The van der Waals surface area contributed by atoms with E-state index in [-0.39, 0.29) is 5.76 Å². The number of rotatable bonds is 4. The van der Waals surface area contributed by atoms with Gasteiger partial charge in [0.2, 0.25) is 0 Å². The Morgan fingerprint density at radius 2 is 1.85 bits per heavy atom. The van der Waals surface area contributed by atoms with Crippen molar-refractivity contribution in [2.24, 2.45) is 0 Å². The minimum atomic E-state index is -0.819. The summed E-state index contributed by atoms with van der Waals surface area (Å²) >= 11 is 0. The van der Waals surface area contributed by atoms with Crippen LogP contribution in [-0.4, -0.2) is 18.2 Å². The molecule has 0 spiro atoms. The van der Waals surface area contributed by atoms with E-state index in [1.807, 2.05) is 0 Å². The number of carbonyl (C=O) groups is 3. The maximum atomic E-state index is 11.6. The summed E-state index contributed by atoms with van der Waals surface area (Å²) in [6, 6.07) is 10.1. The van der Waals surface area contributed by atoms with Crippen molar-refractivity contribution in [1.82, 2.24) is 10.6 Å². The van der Waals surface area contributed by atoms with Crippen LogP contribution in [0.1, 0.15) is 22.2 Å². The number of furan rings is 1. The molecule has 2 rings (SSSR count). The van der Waals surface area contributed by atoms with Crippen LogP contribution < -0.4 is 10.6 Å². The van der Waals surface area contributed by atoms with Gasteiger partial charge in [0.25, 0.3) is 5.91 Å². The van der Waals surface area contributed by atoms with Gasteiger partial charge in [0.15, 0.2) is 5.76 Å². The van der Waals surface area contributed by atoms with E-state index < -0.39 is 18.0 Å². The summed E-state index contributed by atoms with van der Waals surface area (Å²) in [6.07, 6.45) is 1.91. The van der Waals surface area contributed by atoms with E-state index in [4.69, 9.17) is 4.42 Å². The van der Waals surface area contributed by atoms with Crippen LogP contribution in [0.15, 0.2) is 53.1 Å². The molecule has 3 amide bonds. The normalized spacial score (nSPS) is 11.4. The number of hydrogen-bond donors (Lipinski definition) is 2. The number of urea groups is 1. The summed E-state index contributed by atoms with van der Waals surface area (Å²) in [5, 5.41) is 4.47. The highest BCUT2D eigenvalue weighted by atomic mass is 16.3. The number of benzene rings is 1. The van der Waals surface area contributed by atoms with Crippen molar-refractivity contribution in [1.29, 1.82) is 0 Å². The van der Waals surface area contributed by atoms with Gasteiger partial charge in [-0.2, -0.15) is 0 Å². The zero-order chi connectivity index (χ0) is 14.4. The van der Waals surface area contributed by atoms with Gasteiger partial charge >= 0.3 is 6.03 Å². The van der Waals surface area contributed by atoms with Crippen molar-refractivity contribution in [2.45, 2.75) is 6.04 Å². The highest BCUT2D eigenvalue weighted by Crippen LogP contribution is 2.09. The molecular weight excluding hydrogens is 260 g/mol. The average molecular weight is 272 g/mol. The largest absolute Gasteiger partial charge is 0.459 e. The lowest BCUT2D eigenvalue weighted by atomic mass is 10.1. The SMILES string of the molecule is O=CC(NC(=O)NC(=O)c1ccco1)c1ccccc1. The first-order chi connectivity index (χ1) is 9.70. The van der Waals surface area contributed by atoms with E-state index in [2.05, 4.69) is 10.6 Å². The van der Waals surface area contributed by atoms with Gasteiger partial charge in [-0.15, -0.1) is 0 Å². The zero-order valence-electron chi connectivity index (χ0n) is 10.4. The summed E-state index contributed by atoms with van der Waals surface area (Å²) < 4.78 is 4.85. The lowest BCUT2D eigenvalue weighted by Gasteiger charge is -2.12. The van der Waals surface area contributed by atoms with E-state index in [9.17, 15) is 14.4 Å². The molecule has 1 aromatic heterocycles. The summed E-state index contributed by atoms with van der Waals surface area (Å²) in [5.41, 5.74) is 0.628. The second kappa shape index (κ2) is 6.33. The molecule has 20 heavy (non-hydrogen) atoms. The van der Waals surface area contributed by atoms with Crippen LogP contribution in [0.3, 0.4) is 0 Å². The van der Waals surface area contributed by atoms with Gasteiger partial charge in [-0.25, -0.2) is 4.79 Å². The minimum absolute atomic E-state index is 0.0162. The van der Waals surface area contributed by atoms with Gasteiger partial charge in [0, 0.05) is 0 Å². The first-order valence-corrected chi connectivity index (χ1v) is 5.86. The molecule has 1 atom stereocenters. The molecule has 2 N–H and O–H groups in total. The summed E-state index contributed by atoms with van der Waals surface area (Å²) in [6.45, 7) is 0.